The van der Waals surface area contributed by atoms with Crippen LogP contribution in [0.5, 0.6) is 5.75 Å². The first-order valence-corrected chi connectivity index (χ1v) is 5.33. The van der Waals surface area contributed by atoms with Crippen LogP contribution in [0.25, 0.3) is 0 Å². The van der Waals surface area contributed by atoms with Gasteiger partial charge in [-0.05, 0) is 24.6 Å². The van der Waals surface area contributed by atoms with Crippen LogP contribution in [0.2, 0.25) is 0 Å². The molecule has 0 saturated heterocycles. The molecule has 0 amide bonds. The summed E-state index contributed by atoms with van der Waals surface area (Å²) >= 11 is 0. The van der Waals surface area contributed by atoms with Crippen molar-refractivity contribution in [2.24, 2.45) is 0 Å². The molecule has 1 aromatic rings. The summed E-state index contributed by atoms with van der Waals surface area (Å²) in [6, 6.07) is 7.86. The van der Waals surface area contributed by atoms with E-state index in [4.69, 9.17) is 9.84 Å². The first-order valence-electron chi connectivity index (χ1n) is 5.33. The van der Waals surface area contributed by atoms with Crippen molar-refractivity contribution in [3.63, 3.8) is 0 Å². The molecule has 0 fully saturated rings. The second-order valence-corrected chi connectivity index (χ2v) is 3.74. The highest BCUT2D eigenvalue weighted by Gasteiger charge is 2.08. The van der Waals surface area contributed by atoms with E-state index in [9.17, 15) is 5.11 Å². The number of rotatable bonds is 6. The normalized spacial score (nSPS) is 14.5. The Morgan fingerprint density at radius 2 is 2.19 bits per heavy atom. The molecule has 0 bridgehead atoms. The fourth-order valence-corrected chi connectivity index (χ4v) is 1.41. The van der Waals surface area contributed by atoms with Crippen molar-refractivity contribution in [3.05, 3.63) is 29.8 Å². The number of nitrogens with one attached hydrogen (secondary N) is 1. The Bertz CT molecular complexity index is 317. The van der Waals surface area contributed by atoms with Crippen molar-refractivity contribution in [3.8, 4) is 5.75 Å². The first-order chi connectivity index (χ1) is 7.67. The van der Waals surface area contributed by atoms with Crippen LogP contribution >= 0.6 is 0 Å². The summed E-state index contributed by atoms with van der Waals surface area (Å²) < 4.78 is 5.13. The van der Waals surface area contributed by atoms with Gasteiger partial charge in [-0.25, -0.2) is 0 Å². The number of ether oxygens (including phenoxy) is 1. The summed E-state index contributed by atoms with van der Waals surface area (Å²) in [6.45, 7) is 2.14. The topological polar surface area (TPSA) is 61.7 Å². The molecular formula is C12H19NO3. The van der Waals surface area contributed by atoms with Gasteiger partial charge in [-0.2, -0.15) is 0 Å². The predicted octanol–water partition coefficient (Wildman–Crippen LogP) is 0.699. The number of benzene rings is 1. The molecule has 3 N–H and O–H groups in total. The van der Waals surface area contributed by atoms with Crippen molar-refractivity contribution < 1.29 is 14.9 Å². The van der Waals surface area contributed by atoms with Gasteiger partial charge in [0, 0.05) is 12.6 Å². The fraction of sp³-hybridized carbons (Fsp3) is 0.500. The monoisotopic (exact) mass is 225 g/mol. The molecule has 4 nitrogen and oxygen atoms in total. The Labute approximate surface area is 95.9 Å². The van der Waals surface area contributed by atoms with Crippen LogP contribution in [0, 0.1) is 0 Å². The summed E-state index contributed by atoms with van der Waals surface area (Å²) in [5, 5.41) is 21.0. The molecule has 0 spiro atoms. The fourth-order valence-electron chi connectivity index (χ4n) is 1.41. The molecule has 2 unspecified atom stereocenters. The Hall–Kier alpha value is -1.10. The Morgan fingerprint density at radius 1 is 1.44 bits per heavy atom. The minimum Gasteiger partial charge on any atom is -0.497 e. The lowest BCUT2D eigenvalue weighted by Gasteiger charge is -2.16. The quantitative estimate of drug-likeness (QED) is 0.667. The number of aliphatic hydroxyl groups is 2. The Kier molecular flexibility index (Phi) is 5.25. The van der Waals surface area contributed by atoms with Gasteiger partial charge in [-0.15, -0.1) is 0 Å². The Balaban J connectivity index is 2.54. The van der Waals surface area contributed by atoms with Crippen LogP contribution in [0.1, 0.15) is 18.5 Å². The molecule has 0 aliphatic heterocycles. The van der Waals surface area contributed by atoms with E-state index in [0.717, 1.165) is 11.3 Å². The maximum atomic E-state index is 9.22. The lowest BCUT2D eigenvalue weighted by atomic mass is 10.1. The molecule has 0 heterocycles. The molecule has 90 valence electrons. The smallest absolute Gasteiger partial charge is 0.119 e. The van der Waals surface area contributed by atoms with Gasteiger partial charge in [0.25, 0.3) is 0 Å². The molecule has 1 rings (SSSR count). The van der Waals surface area contributed by atoms with Crippen LogP contribution in [0.4, 0.5) is 0 Å². The minimum absolute atomic E-state index is 0.108. The van der Waals surface area contributed by atoms with E-state index < -0.39 is 6.10 Å². The first kappa shape index (κ1) is 13.0. The molecule has 0 aliphatic carbocycles. The van der Waals surface area contributed by atoms with Crippen LogP contribution in [0.15, 0.2) is 24.3 Å². The average Bonchev–Trinajstić information content (AvgIpc) is 2.35. The van der Waals surface area contributed by atoms with Gasteiger partial charge in [-0.3, -0.25) is 0 Å². The zero-order valence-electron chi connectivity index (χ0n) is 9.68. The molecule has 0 saturated carbocycles. The van der Waals surface area contributed by atoms with Gasteiger partial charge in [0.05, 0.1) is 19.8 Å². The molecule has 0 aliphatic rings. The van der Waals surface area contributed by atoms with Gasteiger partial charge in [0.15, 0.2) is 0 Å². The molecule has 2 atom stereocenters. The van der Waals surface area contributed by atoms with E-state index in [2.05, 4.69) is 5.32 Å². The third-order valence-electron chi connectivity index (χ3n) is 2.46. The number of aliphatic hydroxyl groups excluding tert-OH is 2. The summed E-state index contributed by atoms with van der Waals surface area (Å²) in [5.41, 5.74) is 1.09. The largest absolute Gasteiger partial charge is 0.497 e. The predicted molar refractivity (Wildman–Crippen MR) is 62.5 cm³/mol. The summed E-state index contributed by atoms with van der Waals surface area (Å²) in [6.07, 6.45) is -0.715. The molecule has 16 heavy (non-hydrogen) atoms. The van der Waals surface area contributed by atoms with Gasteiger partial charge in [-0.1, -0.05) is 12.1 Å². The van der Waals surface area contributed by atoms with E-state index in [0.29, 0.717) is 6.54 Å². The summed E-state index contributed by atoms with van der Waals surface area (Å²) in [7, 11) is 1.63. The summed E-state index contributed by atoms with van der Waals surface area (Å²) in [4.78, 5) is 0. The lowest BCUT2D eigenvalue weighted by Crippen LogP contribution is -2.31. The highest BCUT2D eigenvalue weighted by molar-refractivity contribution is 5.30. The molecular weight excluding hydrogens is 206 g/mol. The Morgan fingerprint density at radius 3 is 2.81 bits per heavy atom. The second kappa shape index (κ2) is 6.48. The second-order valence-electron chi connectivity index (χ2n) is 3.74. The van der Waals surface area contributed by atoms with Crippen LogP contribution < -0.4 is 10.1 Å². The molecule has 0 radical (unpaired) electrons. The van der Waals surface area contributed by atoms with E-state index in [1.54, 1.807) is 7.11 Å². The van der Waals surface area contributed by atoms with E-state index in [1.807, 2.05) is 31.2 Å². The molecule has 1 aromatic carbocycles. The zero-order chi connectivity index (χ0) is 12.0. The molecule has 4 heteroatoms. The van der Waals surface area contributed by atoms with Crippen LogP contribution in [0.3, 0.4) is 0 Å². The maximum absolute atomic E-state index is 9.22. The van der Waals surface area contributed by atoms with E-state index in [-0.39, 0.29) is 12.6 Å². The van der Waals surface area contributed by atoms with E-state index in [1.165, 1.54) is 0 Å². The number of hydrogen-bond acceptors (Lipinski definition) is 4. The lowest BCUT2D eigenvalue weighted by molar-refractivity contribution is 0.0924. The van der Waals surface area contributed by atoms with Crippen molar-refractivity contribution in [1.29, 1.82) is 0 Å². The summed E-state index contributed by atoms with van der Waals surface area (Å²) in [5.74, 6) is 0.814. The molecule has 0 aromatic heterocycles. The van der Waals surface area contributed by atoms with Gasteiger partial charge in [0.1, 0.15) is 5.75 Å². The average molecular weight is 225 g/mol. The number of methoxy groups -OCH3 is 1. The SMILES string of the molecule is COc1cccc(C(C)NCC(O)CO)c1. The number of hydrogen-bond donors (Lipinski definition) is 3. The third kappa shape index (κ3) is 3.81. The van der Waals surface area contributed by atoms with Crippen LogP contribution in [-0.2, 0) is 0 Å². The van der Waals surface area contributed by atoms with Gasteiger partial charge in [0.2, 0.25) is 0 Å². The van der Waals surface area contributed by atoms with Crippen molar-refractivity contribution in [1.82, 2.24) is 5.32 Å². The highest BCUT2D eigenvalue weighted by Crippen LogP contribution is 2.18. The van der Waals surface area contributed by atoms with E-state index >= 15 is 0 Å². The standard InChI is InChI=1S/C12H19NO3/c1-9(13-7-11(15)8-14)10-4-3-5-12(6-10)16-2/h3-6,9,11,13-15H,7-8H2,1-2H3. The van der Waals surface area contributed by atoms with Crippen molar-refractivity contribution >= 4 is 0 Å². The van der Waals surface area contributed by atoms with Crippen molar-refractivity contribution in [2.45, 2.75) is 19.1 Å². The third-order valence-corrected chi connectivity index (χ3v) is 2.46. The zero-order valence-corrected chi connectivity index (χ0v) is 9.68. The van der Waals surface area contributed by atoms with Gasteiger partial charge < -0.3 is 20.3 Å². The van der Waals surface area contributed by atoms with Crippen LogP contribution in [-0.4, -0.2) is 36.6 Å². The van der Waals surface area contributed by atoms with Gasteiger partial charge >= 0.3 is 0 Å². The highest BCUT2D eigenvalue weighted by atomic mass is 16.5. The minimum atomic E-state index is -0.715. The van der Waals surface area contributed by atoms with Crippen molar-refractivity contribution in [2.75, 3.05) is 20.3 Å². The maximum Gasteiger partial charge on any atom is 0.119 e.